The van der Waals surface area contributed by atoms with Gasteiger partial charge in [-0.05, 0) is 23.8 Å². The highest BCUT2D eigenvalue weighted by Crippen LogP contribution is 2.27. The average molecular weight is 351 g/mol. The molecule has 2 aromatic rings. The summed E-state index contributed by atoms with van der Waals surface area (Å²) in [6.07, 6.45) is 7.87. The van der Waals surface area contributed by atoms with E-state index in [4.69, 9.17) is 4.99 Å². The molecular formula is C20H17NO3S. The number of rotatable bonds is 4. The maximum absolute atomic E-state index is 11.5. The molecule has 1 aliphatic rings. The fourth-order valence-corrected chi connectivity index (χ4v) is 3.19. The Labute approximate surface area is 147 Å². The first-order chi connectivity index (χ1) is 12.0. The van der Waals surface area contributed by atoms with Gasteiger partial charge in [-0.1, -0.05) is 61.2 Å². The second-order valence-corrected chi connectivity index (χ2v) is 7.00. The van der Waals surface area contributed by atoms with Crippen LogP contribution in [0.5, 0.6) is 0 Å². The molecule has 0 amide bonds. The Hall–Kier alpha value is -2.76. The number of aliphatic imine (C=N–C) groups is 1. The van der Waals surface area contributed by atoms with Crippen LogP contribution in [0.3, 0.4) is 0 Å². The Bertz CT molecular complexity index is 1000. The predicted molar refractivity (Wildman–Crippen MR) is 99.5 cm³/mol. The van der Waals surface area contributed by atoms with Gasteiger partial charge in [-0.3, -0.25) is 9.55 Å². The summed E-state index contributed by atoms with van der Waals surface area (Å²) in [6.45, 7) is 3.64. The van der Waals surface area contributed by atoms with Crippen molar-refractivity contribution in [3.63, 3.8) is 0 Å². The van der Waals surface area contributed by atoms with Crippen LogP contribution >= 0.6 is 0 Å². The number of benzene rings is 2. The molecular weight excluding hydrogens is 334 g/mol. The van der Waals surface area contributed by atoms with E-state index in [2.05, 4.69) is 6.58 Å². The third-order valence-corrected chi connectivity index (χ3v) is 4.69. The minimum atomic E-state index is -4.26. The second kappa shape index (κ2) is 7.01. The maximum Gasteiger partial charge on any atom is 0.294 e. The first-order valence-corrected chi connectivity index (χ1v) is 9.16. The monoisotopic (exact) mass is 351 g/mol. The first-order valence-electron chi connectivity index (χ1n) is 7.72. The van der Waals surface area contributed by atoms with Gasteiger partial charge in [0.1, 0.15) is 0 Å². The molecule has 25 heavy (non-hydrogen) atoms. The Balaban J connectivity index is 2.18. The van der Waals surface area contributed by atoms with Gasteiger partial charge in [-0.25, -0.2) is 0 Å². The Morgan fingerprint density at radius 1 is 1.08 bits per heavy atom. The van der Waals surface area contributed by atoms with Gasteiger partial charge in [0.2, 0.25) is 0 Å². The summed E-state index contributed by atoms with van der Waals surface area (Å²) in [5.74, 6) is 0. The van der Waals surface area contributed by atoms with Crippen molar-refractivity contribution in [1.29, 1.82) is 0 Å². The fraction of sp³-hybridized carbons (Fsp3) is 0.0500. The smallest absolute Gasteiger partial charge is 0.282 e. The molecule has 0 saturated carbocycles. The number of nitrogens with zero attached hydrogens (tertiary/aromatic N) is 1. The molecule has 0 aromatic heterocycles. The van der Waals surface area contributed by atoms with E-state index in [-0.39, 0.29) is 4.90 Å². The zero-order valence-corrected chi connectivity index (χ0v) is 14.3. The average Bonchev–Trinajstić information content (AvgIpc) is 2.61. The molecule has 3 rings (SSSR count). The molecule has 0 aliphatic carbocycles. The van der Waals surface area contributed by atoms with E-state index >= 15 is 0 Å². The lowest BCUT2D eigenvalue weighted by Gasteiger charge is -2.19. The summed E-state index contributed by atoms with van der Waals surface area (Å²) < 4.78 is 32.3. The van der Waals surface area contributed by atoms with Crippen LogP contribution in [-0.4, -0.2) is 18.7 Å². The summed E-state index contributed by atoms with van der Waals surface area (Å²) in [5.41, 5.74) is 4.11. The van der Waals surface area contributed by atoms with Crippen LogP contribution in [0.2, 0.25) is 0 Å². The molecule has 126 valence electrons. The largest absolute Gasteiger partial charge is 0.294 e. The topological polar surface area (TPSA) is 66.7 Å². The van der Waals surface area contributed by atoms with Crippen LogP contribution in [0.1, 0.15) is 16.7 Å². The minimum absolute atomic E-state index is 0.131. The Kier molecular flexibility index (Phi) is 4.79. The third-order valence-electron chi connectivity index (χ3n) is 3.84. The van der Waals surface area contributed by atoms with Crippen LogP contribution in [0.15, 0.2) is 95.0 Å². The van der Waals surface area contributed by atoms with Crippen molar-refractivity contribution in [1.82, 2.24) is 0 Å². The summed E-state index contributed by atoms with van der Waals surface area (Å²) in [4.78, 5) is 4.57. The zero-order valence-electron chi connectivity index (χ0n) is 13.5. The van der Waals surface area contributed by atoms with E-state index in [0.29, 0.717) is 17.7 Å². The zero-order chi connectivity index (χ0) is 17.9. The normalized spacial score (nSPS) is 15.9. The summed E-state index contributed by atoms with van der Waals surface area (Å²) in [5, 5.41) is 0. The maximum atomic E-state index is 11.5. The third kappa shape index (κ3) is 3.84. The van der Waals surface area contributed by atoms with Crippen molar-refractivity contribution in [3.8, 4) is 0 Å². The molecule has 0 bridgehead atoms. The molecule has 0 unspecified atom stereocenters. The van der Waals surface area contributed by atoms with E-state index in [1.54, 1.807) is 12.1 Å². The van der Waals surface area contributed by atoms with Gasteiger partial charge in [0.05, 0.1) is 10.6 Å². The minimum Gasteiger partial charge on any atom is -0.282 e. The lowest BCUT2D eigenvalue weighted by Crippen LogP contribution is -2.14. The number of hydrogen-bond acceptors (Lipinski definition) is 3. The van der Waals surface area contributed by atoms with Gasteiger partial charge in [-0.2, -0.15) is 8.42 Å². The van der Waals surface area contributed by atoms with E-state index in [9.17, 15) is 13.0 Å². The van der Waals surface area contributed by atoms with Crippen molar-refractivity contribution >= 4 is 15.8 Å². The van der Waals surface area contributed by atoms with E-state index in [1.807, 2.05) is 48.6 Å². The molecule has 0 atom stereocenters. The standard InChI is InChI=1S/C20H17NO3S/c1-2-3-5-10-17-13-16-11-12-18(25(22,23)24)14-19(16)20(21-17)15-8-6-4-7-9-15/h2-12,14H,1,13H2,(H,22,23,24)/b5-3-,17-10+. The lowest BCUT2D eigenvalue weighted by molar-refractivity contribution is 0.483. The highest BCUT2D eigenvalue weighted by molar-refractivity contribution is 7.85. The summed E-state index contributed by atoms with van der Waals surface area (Å²) in [6, 6.07) is 14.2. The molecule has 0 radical (unpaired) electrons. The van der Waals surface area contributed by atoms with Crippen molar-refractivity contribution in [2.24, 2.45) is 4.99 Å². The number of allylic oxidation sites excluding steroid dienone is 5. The van der Waals surface area contributed by atoms with Crippen molar-refractivity contribution in [3.05, 3.63) is 102 Å². The van der Waals surface area contributed by atoms with Crippen molar-refractivity contribution in [2.45, 2.75) is 11.3 Å². The van der Waals surface area contributed by atoms with Gasteiger partial charge in [0.15, 0.2) is 0 Å². The quantitative estimate of drug-likeness (QED) is 0.670. The molecule has 0 fully saturated rings. The summed E-state index contributed by atoms with van der Waals surface area (Å²) >= 11 is 0. The van der Waals surface area contributed by atoms with E-state index in [0.717, 1.165) is 16.8 Å². The number of fused-ring (bicyclic) bond motifs is 1. The fourth-order valence-electron chi connectivity index (χ4n) is 2.69. The summed E-state index contributed by atoms with van der Waals surface area (Å²) in [7, 11) is -4.26. The van der Waals surface area contributed by atoms with E-state index in [1.165, 1.54) is 12.1 Å². The van der Waals surface area contributed by atoms with Crippen molar-refractivity contribution in [2.75, 3.05) is 0 Å². The SMILES string of the molecule is C=C/C=C\C=C1/Cc2ccc(S(=O)(=O)O)cc2C(c2ccccc2)=N1. The second-order valence-electron chi connectivity index (χ2n) is 5.58. The predicted octanol–water partition coefficient (Wildman–Crippen LogP) is 3.95. The molecule has 1 aliphatic heterocycles. The van der Waals surface area contributed by atoms with Crippen LogP contribution in [0.4, 0.5) is 0 Å². The lowest BCUT2D eigenvalue weighted by atomic mass is 9.92. The van der Waals surface area contributed by atoms with Gasteiger partial charge >= 0.3 is 0 Å². The molecule has 2 aromatic carbocycles. The first kappa shape index (κ1) is 17.1. The number of hydrogen-bond donors (Lipinski definition) is 1. The van der Waals surface area contributed by atoms with Crippen molar-refractivity contribution < 1.29 is 13.0 Å². The van der Waals surface area contributed by atoms with Gasteiger partial charge in [-0.15, -0.1) is 0 Å². The molecule has 4 nitrogen and oxygen atoms in total. The Morgan fingerprint density at radius 3 is 2.52 bits per heavy atom. The highest BCUT2D eigenvalue weighted by atomic mass is 32.2. The van der Waals surface area contributed by atoms with Gasteiger partial charge < -0.3 is 0 Å². The highest BCUT2D eigenvalue weighted by Gasteiger charge is 2.21. The van der Waals surface area contributed by atoms with E-state index < -0.39 is 10.1 Å². The van der Waals surface area contributed by atoms with Crippen LogP contribution < -0.4 is 0 Å². The molecule has 0 spiro atoms. The van der Waals surface area contributed by atoms with Crippen LogP contribution in [0.25, 0.3) is 0 Å². The van der Waals surface area contributed by atoms with Gasteiger partial charge in [0, 0.05) is 23.2 Å². The molecule has 1 heterocycles. The molecule has 0 saturated heterocycles. The molecule has 1 N–H and O–H groups in total. The molecule has 5 heteroatoms. The van der Waals surface area contributed by atoms with Gasteiger partial charge in [0.25, 0.3) is 10.1 Å². The van der Waals surface area contributed by atoms with Crippen LogP contribution in [0, 0.1) is 0 Å². The van der Waals surface area contributed by atoms with Crippen LogP contribution in [-0.2, 0) is 16.5 Å². The Morgan fingerprint density at radius 2 is 1.84 bits per heavy atom.